The lowest BCUT2D eigenvalue weighted by Crippen LogP contribution is -2.19. The van der Waals surface area contributed by atoms with E-state index in [1.165, 1.54) is 7.11 Å². The molecule has 0 saturated heterocycles. The molecule has 0 amide bonds. The van der Waals surface area contributed by atoms with E-state index in [4.69, 9.17) is 9.47 Å². The Morgan fingerprint density at radius 2 is 2.06 bits per heavy atom. The lowest BCUT2D eigenvalue weighted by Gasteiger charge is -2.18. The van der Waals surface area contributed by atoms with Gasteiger partial charge in [-0.1, -0.05) is 13.0 Å². The lowest BCUT2D eigenvalue weighted by molar-refractivity contribution is 0.0810. The van der Waals surface area contributed by atoms with Gasteiger partial charge in [-0.05, 0) is 19.5 Å². The highest BCUT2D eigenvalue weighted by atomic mass is 19.3. The second kappa shape index (κ2) is 7.16. The summed E-state index contributed by atoms with van der Waals surface area (Å²) in [6.07, 6.45) is -2.49. The van der Waals surface area contributed by atoms with Crippen molar-refractivity contribution in [2.45, 2.75) is 26.3 Å². The summed E-state index contributed by atoms with van der Waals surface area (Å²) in [5.74, 6) is 1.02. The molecule has 1 aromatic carbocycles. The summed E-state index contributed by atoms with van der Waals surface area (Å²) in [4.78, 5) is 0. The minimum atomic E-state index is -2.49. The fourth-order valence-corrected chi connectivity index (χ4v) is 1.69. The van der Waals surface area contributed by atoms with Gasteiger partial charge in [0.25, 0.3) is 6.43 Å². The molecule has 0 radical (unpaired) electrons. The van der Waals surface area contributed by atoms with Crippen LogP contribution >= 0.6 is 0 Å². The average molecular weight is 259 g/mol. The molecule has 0 spiro atoms. The summed E-state index contributed by atoms with van der Waals surface area (Å²) < 4.78 is 34.6. The van der Waals surface area contributed by atoms with Crippen molar-refractivity contribution in [3.05, 3.63) is 23.8 Å². The van der Waals surface area contributed by atoms with Crippen LogP contribution in [0, 0.1) is 0 Å². The van der Waals surface area contributed by atoms with Crippen molar-refractivity contribution in [3.8, 4) is 11.5 Å². The summed E-state index contributed by atoms with van der Waals surface area (Å²) in [5.41, 5.74) is 0.846. The Kier molecular flexibility index (Phi) is 5.85. The number of methoxy groups -OCH3 is 1. The smallest absolute Gasteiger partial charge is 0.272 e. The Balaban J connectivity index is 2.92. The van der Waals surface area contributed by atoms with Crippen LogP contribution < -0.4 is 14.8 Å². The maximum Gasteiger partial charge on any atom is 0.272 e. The molecule has 18 heavy (non-hydrogen) atoms. The van der Waals surface area contributed by atoms with E-state index in [1.54, 1.807) is 12.1 Å². The molecule has 0 aromatic heterocycles. The molecule has 0 fully saturated rings. The highest BCUT2D eigenvalue weighted by molar-refractivity contribution is 5.42. The van der Waals surface area contributed by atoms with Gasteiger partial charge in [-0.2, -0.15) is 0 Å². The zero-order valence-corrected chi connectivity index (χ0v) is 10.9. The topological polar surface area (TPSA) is 30.5 Å². The summed E-state index contributed by atoms with van der Waals surface area (Å²) in [6, 6.07) is 5.28. The predicted molar refractivity (Wildman–Crippen MR) is 66.6 cm³/mol. The van der Waals surface area contributed by atoms with E-state index in [1.807, 2.05) is 19.9 Å². The second-order valence-electron chi connectivity index (χ2n) is 3.89. The summed E-state index contributed by atoms with van der Waals surface area (Å²) in [7, 11) is 1.53. The van der Waals surface area contributed by atoms with Crippen molar-refractivity contribution in [1.29, 1.82) is 0 Å². The monoisotopic (exact) mass is 259 g/mol. The van der Waals surface area contributed by atoms with Crippen molar-refractivity contribution in [3.63, 3.8) is 0 Å². The highest BCUT2D eigenvalue weighted by Crippen LogP contribution is 2.29. The maximum atomic E-state index is 12.2. The second-order valence-corrected chi connectivity index (χ2v) is 3.89. The third-order valence-corrected chi connectivity index (χ3v) is 2.56. The van der Waals surface area contributed by atoms with Gasteiger partial charge in [0.05, 0.1) is 7.11 Å². The maximum absolute atomic E-state index is 12.2. The highest BCUT2D eigenvalue weighted by Gasteiger charge is 2.13. The largest absolute Gasteiger partial charge is 0.497 e. The third-order valence-electron chi connectivity index (χ3n) is 2.56. The van der Waals surface area contributed by atoms with Crippen molar-refractivity contribution in [1.82, 2.24) is 5.32 Å². The third kappa shape index (κ3) is 4.14. The van der Waals surface area contributed by atoms with E-state index < -0.39 is 13.0 Å². The lowest BCUT2D eigenvalue weighted by atomic mass is 10.1. The molecule has 1 aromatic rings. The Morgan fingerprint density at radius 3 is 2.61 bits per heavy atom. The van der Waals surface area contributed by atoms with Crippen LogP contribution in [-0.2, 0) is 0 Å². The zero-order chi connectivity index (χ0) is 13.5. The molecule has 1 unspecified atom stereocenters. The first-order valence-corrected chi connectivity index (χ1v) is 5.90. The van der Waals surface area contributed by atoms with E-state index in [9.17, 15) is 8.78 Å². The minimum Gasteiger partial charge on any atom is -0.497 e. The normalized spacial score (nSPS) is 12.6. The van der Waals surface area contributed by atoms with Crippen LogP contribution in [0.4, 0.5) is 8.78 Å². The molecule has 0 aliphatic rings. The molecular weight excluding hydrogens is 240 g/mol. The van der Waals surface area contributed by atoms with E-state index in [0.29, 0.717) is 11.5 Å². The molecule has 1 rings (SSSR count). The van der Waals surface area contributed by atoms with Crippen LogP contribution in [-0.4, -0.2) is 26.7 Å². The zero-order valence-electron chi connectivity index (χ0n) is 10.9. The van der Waals surface area contributed by atoms with E-state index in [0.717, 1.165) is 12.1 Å². The van der Waals surface area contributed by atoms with Crippen LogP contribution in [0.3, 0.4) is 0 Å². The number of hydrogen-bond acceptors (Lipinski definition) is 3. The Morgan fingerprint density at radius 1 is 1.33 bits per heavy atom. The molecule has 3 nitrogen and oxygen atoms in total. The van der Waals surface area contributed by atoms with Crippen molar-refractivity contribution < 1.29 is 18.3 Å². The Bertz CT molecular complexity index is 372. The van der Waals surface area contributed by atoms with Crippen LogP contribution in [0.25, 0.3) is 0 Å². The molecule has 0 saturated carbocycles. The van der Waals surface area contributed by atoms with Gasteiger partial charge in [-0.15, -0.1) is 0 Å². The molecule has 1 N–H and O–H groups in total. The number of halogens is 2. The minimum absolute atomic E-state index is 0.0357. The van der Waals surface area contributed by atoms with E-state index >= 15 is 0 Å². The molecule has 0 aliphatic carbocycles. The Hall–Kier alpha value is -1.36. The molecule has 0 heterocycles. The van der Waals surface area contributed by atoms with Gasteiger partial charge in [0.2, 0.25) is 0 Å². The summed E-state index contributed by atoms with van der Waals surface area (Å²) >= 11 is 0. The number of benzene rings is 1. The van der Waals surface area contributed by atoms with Gasteiger partial charge in [-0.25, -0.2) is 8.78 Å². The number of alkyl halides is 2. The van der Waals surface area contributed by atoms with Gasteiger partial charge in [0, 0.05) is 17.7 Å². The fraction of sp³-hybridized carbons (Fsp3) is 0.538. The van der Waals surface area contributed by atoms with E-state index in [2.05, 4.69) is 5.32 Å². The molecule has 102 valence electrons. The average Bonchev–Trinajstić information content (AvgIpc) is 2.36. The first-order valence-electron chi connectivity index (χ1n) is 5.90. The van der Waals surface area contributed by atoms with Gasteiger partial charge < -0.3 is 14.8 Å². The summed E-state index contributed by atoms with van der Waals surface area (Å²) in [5, 5.41) is 3.22. The van der Waals surface area contributed by atoms with Gasteiger partial charge in [0.1, 0.15) is 18.1 Å². The van der Waals surface area contributed by atoms with Crippen molar-refractivity contribution >= 4 is 0 Å². The van der Waals surface area contributed by atoms with E-state index in [-0.39, 0.29) is 6.04 Å². The standard InChI is InChI=1S/C13H19F2NO2/c1-4-16-9(2)11-6-5-10(17-3)7-12(11)18-8-13(14)15/h5-7,9,13,16H,4,8H2,1-3H3. The first-order chi connectivity index (χ1) is 8.58. The molecular formula is C13H19F2NO2. The van der Waals surface area contributed by atoms with Gasteiger partial charge in [-0.3, -0.25) is 0 Å². The van der Waals surface area contributed by atoms with Crippen molar-refractivity contribution in [2.24, 2.45) is 0 Å². The number of ether oxygens (including phenoxy) is 2. The molecule has 5 heteroatoms. The predicted octanol–water partition coefficient (Wildman–Crippen LogP) is 3.01. The Labute approximate surface area is 106 Å². The number of hydrogen-bond donors (Lipinski definition) is 1. The van der Waals surface area contributed by atoms with Crippen molar-refractivity contribution in [2.75, 3.05) is 20.3 Å². The number of nitrogens with one attached hydrogen (secondary N) is 1. The number of rotatable bonds is 7. The molecule has 0 bridgehead atoms. The fourth-order valence-electron chi connectivity index (χ4n) is 1.69. The van der Waals surface area contributed by atoms with Crippen LogP contribution in [0.15, 0.2) is 18.2 Å². The first kappa shape index (κ1) is 14.7. The SMILES string of the molecule is CCNC(C)c1ccc(OC)cc1OCC(F)F. The summed E-state index contributed by atoms with van der Waals surface area (Å²) in [6.45, 7) is 4.13. The van der Waals surface area contributed by atoms with Gasteiger partial charge in [0.15, 0.2) is 0 Å². The van der Waals surface area contributed by atoms with Gasteiger partial charge >= 0.3 is 0 Å². The molecule has 0 aliphatic heterocycles. The van der Waals surface area contributed by atoms with Crippen LogP contribution in [0.5, 0.6) is 11.5 Å². The van der Waals surface area contributed by atoms with Crippen LogP contribution in [0.1, 0.15) is 25.5 Å². The van der Waals surface area contributed by atoms with Crippen LogP contribution in [0.2, 0.25) is 0 Å². The molecule has 1 atom stereocenters. The quantitative estimate of drug-likeness (QED) is 0.816.